The van der Waals surface area contributed by atoms with Crippen molar-refractivity contribution in [2.24, 2.45) is 0 Å². The molecular formula is C17H22BrN5O3S2. The van der Waals surface area contributed by atoms with Crippen LogP contribution >= 0.6 is 27.5 Å². The van der Waals surface area contributed by atoms with E-state index in [2.05, 4.69) is 35.3 Å². The predicted octanol–water partition coefficient (Wildman–Crippen LogP) is 3.51. The summed E-state index contributed by atoms with van der Waals surface area (Å²) >= 11 is 4.66. The molecule has 2 aromatic heterocycles. The van der Waals surface area contributed by atoms with Crippen LogP contribution in [-0.2, 0) is 10.0 Å². The summed E-state index contributed by atoms with van der Waals surface area (Å²) in [7, 11) is -2.14. The highest BCUT2D eigenvalue weighted by Crippen LogP contribution is 2.27. The molecule has 8 nitrogen and oxygen atoms in total. The topological polar surface area (TPSA) is 97.6 Å². The average molecular weight is 488 g/mol. The molecule has 0 aliphatic carbocycles. The molecular weight excluding hydrogens is 466 g/mol. The summed E-state index contributed by atoms with van der Waals surface area (Å²) in [4.78, 5) is 5.20. The summed E-state index contributed by atoms with van der Waals surface area (Å²) in [5, 5.41) is 3.30. The number of imidazole rings is 1. The average Bonchev–Trinajstić information content (AvgIpc) is 3.28. The number of aromatic nitrogens is 3. The molecule has 0 atom stereocenters. The molecule has 152 valence electrons. The number of halogens is 1. The Hall–Kier alpha value is -1.69. The van der Waals surface area contributed by atoms with Gasteiger partial charge in [0.1, 0.15) is 10.6 Å². The number of benzene rings is 1. The molecule has 0 fully saturated rings. The van der Waals surface area contributed by atoms with Crippen molar-refractivity contribution in [1.29, 1.82) is 0 Å². The lowest BCUT2D eigenvalue weighted by Gasteiger charge is -2.11. The van der Waals surface area contributed by atoms with Crippen molar-refractivity contribution >= 4 is 48.4 Å². The third-order valence-corrected chi connectivity index (χ3v) is 6.85. The third-order valence-electron chi connectivity index (χ3n) is 4.14. The molecule has 28 heavy (non-hydrogen) atoms. The minimum atomic E-state index is -3.60. The molecule has 0 aliphatic heterocycles. The molecule has 0 spiro atoms. The summed E-state index contributed by atoms with van der Waals surface area (Å²) < 4.78 is 39.7. The maximum Gasteiger partial charge on any atom is 0.244 e. The molecule has 1 aromatic carbocycles. The summed E-state index contributed by atoms with van der Waals surface area (Å²) in [5.41, 5.74) is 0. The maximum atomic E-state index is 12.5. The van der Waals surface area contributed by atoms with Crippen molar-refractivity contribution in [3.63, 3.8) is 0 Å². The molecule has 0 saturated carbocycles. The highest BCUT2D eigenvalue weighted by Gasteiger charge is 2.19. The Labute approximate surface area is 176 Å². The minimum absolute atomic E-state index is 0.141. The normalized spacial score (nSPS) is 11.8. The fraction of sp³-hybridized carbons (Fsp3) is 0.412. The number of hydrogen-bond donors (Lipinski definition) is 2. The molecule has 0 amide bonds. The van der Waals surface area contributed by atoms with E-state index in [-0.39, 0.29) is 4.90 Å². The molecule has 0 aliphatic rings. The molecule has 2 heterocycles. The van der Waals surface area contributed by atoms with Crippen LogP contribution in [0.25, 0.3) is 4.96 Å². The fourth-order valence-electron chi connectivity index (χ4n) is 2.71. The lowest BCUT2D eigenvalue weighted by Crippen LogP contribution is -2.25. The van der Waals surface area contributed by atoms with Crippen LogP contribution in [0.5, 0.6) is 5.75 Å². The number of fused-ring (bicyclic) bond motifs is 1. The van der Waals surface area contributed by atoms with Crippen molar-refractivity contribution in [2.45, 2.75) is 30.6 Å². The second-order valence-corrected chi connectivity index (χ2v) is 9.50. The Morgan fingerprint density at radius 2 is 2.00 bits per heavy atom. The quantitative estimate of drug-likeness (QED) is 0.401. The largest absolute Gasteiger partial charge is 0.495 e. The van der Waals surface area contributed by atoms with Crippen molar-refractivity contribution < 1.29 is 13.2 Å². The van der Waals surface area contributed by atoms with Gasteiger partial charge in [0.05, 0.1) is 7.11 Å². The van der Waals surface area contributed by atoms with Crippen LogP contribution in [0.4, 0.5) is 5.95 Å². The minimum Gasteiger partial charge on any atom is -0.495 e. The summed E-state index contributed by atoms with van der Waals surface area (Å²) in [6.07, 6.45) is 7.35. The van der Waals surface area contributed by atoms with Crippen molar-refractivity contribution in [2.75, 3.05) is 25.5 Å². The Morgan fingerprint density at radius 1 is 1.21 bits per heavy atom. The SMILES string of the molecule is COc1ccc(Br)cc1S(=O)(=O)NCCCCCCNc1nsc2nccn12. The van der Waals surface area contributed by atoms with Crippen LogP contribution in [0.15, 0.2) is 40.0 Å². The third kappa shape index (κ3) is 5.22. The first-order chi connectivity index (χ1) is 13.5. The molecule has 11 heteroatoms. The van der Waals surface area contributed by atoms with E-state index in [1.165, 1.54) is 18.6 Å². The van der Waals surface area contributed by atoms with E-state index in [0.717, 1.165) is 43.1 Å². The van der Waals surface area contributed by atoms with Gasteiger partial charge < -0.3 is 10.1 Å². The Balaban J connectivity index is 1.35. The zero-order chi connectivity index (χ0) is 20.0. The first-order valence-corrected chi connectivity index (χ1v) is 11.9. The van der Waals surface area contributed by atoms with Crippen molar-refractivity contribution in [3.05, 3.63) is 35.1 Å². The molecule has 0 saturated heterocycles. The van der Waals surface area contributed by atoms with Gasteiger partial charge in [-0.3, -0.25) is 4.40 Å². The van der Waals surface area contributed by atoms with Gasteiger partial charge in [0.15, 0.2) is 0 Å². The Morgan fingerprint density at radius 3 is 2.79 bits per heavy atom. The van der Waals surface area contributed by atoms with Crippen LogP contribution < -0.4 is 14.8 Å². The summed E-state index contributed by atoms with van der Waals surface area (Å²) in [6, 6.07) is 4.92. The zero-order valence-electron chi connectivity index (χ0n) is 15.4. The Kier molecular flexibility index (Phi) is 7.27. The molecule has 0 radical (unpaired) electrons. The van der Waals surface area contributed by atoms with Crippen LogP contribution in [0.1, 0.15) is 25.7 Å². The first-order valence-electron chi connectivity index (χ1n) is 8.87. The van der Waals surface area contributed by atoms with E-state index in [9.17, 15) is 8.42 Å². The van der Waals surface area contributed by atoms with E-state index in [0.29, 0.717) is 16.8 Å². The maximum absolute atomic E-state index is 12.5. The monoisotopic (exact) mass is 487 g/mol. The van der Waals surface area contributed by atoms with Gasteiger partial charge in [-0.1, -0.05) is 28.8 Å². The second-order valence-electron chi connectivity index (χ2n) is 6.12. The number of sulfonamides is 1. The molecule has 3 rings (SSSR count). The second kappa shape index (κ2) is 9.68. The van der Waals surface area contributed by atoms with E-state index < -0.39 is 10.0 Å². The van der Waals surface area contributed by atoms with Crippen LogP contribution in [-0.4, -0.2) is 42.4 Å². The Bertz CT molecular complexity index is 1020. The number of unbranched alkanes of at least 4 members (excludes halogenated alkanes) is 3. The van der Waals surface area contributed by atoms with Gasteiger partial charge in [-0.15, -0.1) is 0 Å². The van der Waals surface area contributed by atoms with E-state index in [1.807, 2.05) is 10.6 Å². The van der Waals surface area contributed by atoms with Crippen LogP contribution in [0, 0.1) is 0 Å². The predicted molar refractivity (Wildman–Crippen MR) is 114 cm³/mol. The van der Waals surface area contributed by atoms with Crippen molar-refractivity contribution in [1.82, 2.24) is 18.5 Å². The van der Waals surface area contributed by atoms with Gasteiger partial charge in [-0.05, 0) is 31.0 Å². The highest BCUT2D eigenvalue weighted by atomic mass is 79.9. The lowest BCUT2D eigenvalue weighted by atomic mass is 10.2. The summed E-state index contributed by atoms with van der Waals surface area (Å²) in [5.74, 6) is 1.14. The number of nitrogens with zero attached hydrogens (tertiary/aromatic N) is 3. The zero-order valence-corrected chi connectivity index (χ0v) is 18.6. The highest BCUT2D eigenvalue weighted by molar-refractivity contribution is 9.10. The van der Waals surface area contributed by atoms with E-state index in [1.54, 1.807) is 24.4 Å². The van der Waals surface area contributed by atoms with Gasteiger partial charge in [0.25, 0.3) is 0 Å². The number of methoxy groups -OCH3 is 1. The van der Waals surface area contributed by atoms with Gasteiger partial charge in [0, 0.05) is 41.5 Å². The lowest BCUT2D eigenvalue weighted by molar-refractivity contribution is 0.402. The van der Waals surface area contributed by atoms with Crippen LogP contribution in [0.3, 0.4) is 0 Å². The standard InChI is InChI=1S/C17H22BrN5O3S2/c1-26-14-7-6-13(18)12-15(14)28(24,25)21-9-5-3-2-4-8-19-16-22-27-17-20-10-11-23(16)17/h6-7,10-12,21H,2-5,8-9H2,1H3,(H,19,22). The van der Waals surface area contributed by atoms with Crippen molar-refractivity contribution in [3.8, 4) is 5.75 Å². The summed E-state index contributed by atoms with van der Waals surface area (Å²) in [6.45, 7) is 1.21. The number of rotatable bonds is 11. The first kappa shape index (κ1) is 21.0. The smallest absolute Gasteiger partial charge is 0.244 e. The van der Waals surface area contributed by atoms with Gasteiger partial charge >= 0.3 is 0 Å². The van der Waals surface area contributed by atoms with Gasteiger partial charge in [0.2, 0.25) is 20.9 Å². The fourth-order valence-corrected chi connectivity index (χ4v) is 5.16. The van der Waals surface area contributed by atoms with E-state index in [4.69, 9.17) is 4.74 Å². The number of ether oxygens (including phenoxy) is 1. The molecule has 3 aromatic rings. The number of nitrogens with one attached hydrogen (secondary N) is 2. The van der Waals surface area contributed by atoms with E-state index >= 15 is 0 Å². The van der Waals surface area contributed by atoms with Gasteiger partial charge in [-0.25, -0.2) is 18.1 Å². The molecule has 2 N–H and O–H groups in total. The van der Waals surface area contributed by atoms with Gasteiger partial charge in [-0.2, -0.15) is 4.37 Å². The number of anilines is 1. The molecule has 0 unspecified atom stereocenters. The van der Waals surface area contributed by atoms with Crippen LogP contribution in [0.2, 0.25) is 0 Å². The molecule has 0 bridgehead atoms. The number of hydrogen-bond acceptors (Lipinski definition) is 7.